The van der Waals surface area contributed by atoms with E-state index in [1.54, 1.807) is 32.0 Å². The molecule has 0 atom stereocenters. The second-order valence-corrected chi connectivity index (χ2v) is 5.38. The molecule has 7 heteroatoms. The van der Waals surface area contributed by atoms with Crippen molar-refractivity contribution in [2.75, 3.05) is 26.1 Å². The summed E-state index contributed by atoms with van der Waals surface area (Å²) in [7, 11) is 3.01. The number of carbonyl (C=O) groups excluding carboxylic acids is 1. The molecule has 0 aliphatic heterocycles. The molecule has 0 aliphatic carbocycles. The van der Waals surface area contributed by atoms with Gasteiger partial charge in [-0.25, -0.2) is 0 Å². The van der Waals surface area contributed by atoms with Crippen LogP contribution in [-0.2, 0) is 4.79 Å². The predicted molar refractivity (Wildman–Crippen MR) is 86.2 cm³/mol. The fourth-order valence-electron chi connectivity index (χ4n) is 1.57. The Bertz CT molecular complexity index is 633. The summed E-state index contributed by atoms with van der Waals surface area (Å²) in [6, 6.07) is 6.70. The monoisotopic (exact) mass is 319 g/mol. The van der Waals surface area contributed by atoms with Crippen molar-refractivity contribution >= 4 is 11.6 Å². The van der Waals surface area contributed by atoms with E-state index < -0.39 is 11.4 Å². The molecule has 1 rings (SSSR count). The average Bonchev–Trinajstić information content (AvgIpc) is 2.55. The summed E-state index contributed by atoms with van der Waals surface area (Å²) >= 11 is 0. The number of anilines is 1. The van der Waals surface area contributed by atoms with Crippen LogP contribution >= 0.6 is 0 Å². The maximum Gasteiger partial charge on any atom is 0.267 e. The van der Waals surface area contributed by atoms with E-state index in [4.69, 9.17) is 19.8 Å². The number of methoxy groups -OCH3 is 2. The molecule has 0 radical (unpaired) electrons. The lowest BCUT2D eigenvalue weighted by Gasteiger charge is -2.22. The van der Waals surface area contributed by atoms with Gasteiger partial charge in [0.1, 0.15) is 11.6 Å². The standard InChI is InChI=1S/C16H21N3O4/c1-16(2,10-20)18-9-11(8-17)15(21)19-12-5-6-13(22-3)14(7-12)23-4/h5-7,9,18,20H,10H2,1-4H3,(H,19,21)/b11-9-. The van der Waals surface area contributed by atoms with Crippen LogP contribution in [0.4, 0.5) is 5.69 Å². The highest BCUT2D eigenvalue weighted by molar-refractivity contribution is 6.06. The second kappa shape index (κ2) is 8.06. The number of carbonyl (C=O) groups is 1. The number of amides is 1. The number of rotatable bonds is 7. The number of ether oxygens (including phenoxy) is 2. The maximum absolute atomic E-state index is 12.1. The molecule has 0 unspecified atom stereocenters. The number of nitriles is 1. The minimum absolute atomic E-state index is 0.110. The van der Waals surface area contributed by atoms with Gasteiger partial charge in [-0.2, -0.15) is 5.26 Å². The molecule has 0 fully saturated rings. The molecule has 3 N–H and O–H groups in total. The first-order valence-corrected chi connectivity index (χ1v) is 6.89. The molecule has 7 nitrogen and oxygen atoms in total. The zero-order chi connectivity index (χ0) is 17.5. The van der Waals surface area contributed by atoms with Gasteiger partial charge in [0.05, 0.1) is 26.4 Å². The van der Waals surface area contributed by atoms with Crippen molar-refractivity contribution in [1.29, 1.82) is 5.26 Å². The molecule has 0 spiro atoms. The minimum Gasteiger partial charge on any atom is -0.493 e. The van der Waals surface area contributed by atoms with E-state index in [0.29, 0.717) is 17.2 Å². The summed E-state index contributed by atoms with van der Waals surface area (Å²) in [5.41, 5.74) is -0.275. The normalized spacial score (nSPS) is 11.4. The van der Waals surface area contributed by atoms with E-state index in [2.05, 4.69) is 10.6 Å². The van der Waals surface area contributed by atoms with Crippen LogP contribution in [0, 0.1) is 11.3 Å². The van der Waals surface area contributed by atoms with Crippen molar-refractivity contribution < 1.29 is 19.4 Å². The van der Waals surface area contributed by atoms with E-state index in [-0.39, 0.29) is 12.2 Å². The lowest BCUT2D eigenvalue weighted by atomic mass is 10.1. The van der Waals surface area contributed by atoms with E-state index in [0.717, 1.165) is 0 Å². The first kappa shape index (κ1) is 18.3. The molecular weight excluding hydrogens is 298 g/mol. The molecule has 23 heavy (non-hydrogen) atoms. The van der Waals surface area contributed by atoms with Crippen LogP contribution in [0.15, 0.2) is 30.0 Å². The molecule has 0 heterocycles. The first-order chi connectivity index (χ1) is 10.9. The molecule has 0 aromatic heterocycles. The van der Waals surface area contributed by atoms with Crippen molar-refractivity contribution in [3.63, 3.8) is 0 Å². The third kappa shape index (κ3) is 5.20. The van der Waals surface area contributed by atoms with Crippen molar-refractivity contribution in [2.45, 2.75) is 19.4 Å². The first-order valence-electron chi connectivity index (χ1n) is 6.89. The quantitative estimate of drug-likeness (QED) is 0.518. The Morgan fingerprint density at radius 3 is 2.52 bits per heavy atom. The molecule has 0 saturated heterocycles. The van der Waals surface area contributed by atoms with Crippen LogP contribution in [-0.4, -0.2) is 37.4 Å². The minimum atomic E-state index is -0.633. The zero-order valence-electron chi connectivity index (χ0n) is 13.6. The van der Waals surface area contributed by atoms with Gasteiger partial charge < -0.3 is 25.2 Å². The molecule has 0 aliphatic rings. The molecule has 124 valence electrons. The summed E-state index contributed by atoms with van der Waals surface area (Å²) in [6.07, 6.45) is 1.28. The Kier molecular flexibility index (Phi) is 6.42. The summed E-state index contributed by atoms with van der Waals surface area (Å²) in [4.78, 5) is 12.1. The number of hydrogen-bond donors (Lipinski definition) is 3. The Morgan fingerprint density at radius 2 is 2.00 bits per heavy atom. The van der Waals surface area contributed by atoms with Gasteiger partial charge in [-0.05, 0) is 26.0 Å². The van der Waals surface area contributed by atoms with Gasteiger partial charge in [0.15, 0.2) is 11.5 Å². The van der Waals surface area contributed by atoms with Gasteiger partial charge in [-0.1, -0.05) is 0 Å². The second-order valence-electron chi connectivity index (χ2n) is 5.38. The van der Waals surface area contributed by atoms with Gasteiger partial charge in [0, 0.05) is 18.0 Å². The Labute approximate surface area is 135 Å². The molecule has 0 saturated carbocycles. The van der Waals surface area contributed by atoms with Gasteiger partial charge >= 0.3 is 0 Å². The van der Waals surface area contributed by atoms with E-state index in [1.807, 2.05) is 6.07 Å². The molecule has 0 bridgehead atoms. The SMILES string of the molecule is COc1ccc(NC(=O)/C(C#N)=C\NC(C)(C)CO)cc1OC. The average molecular weight is 319 g/mol. The fraction of sp³-hybridized carbons (Fsp3) is 0.375. The highest BCUT2D eigenvalue weighted by Crippen LogP contribution is 2.29. The Morgan fingerprint density at radius 1 is 1.35 bits per heavy atom. The van der Waals surface area contributed by atoms with Gasteiger partial charge in [0.2, 0.25) is 0 Å². The van der Waals surface area contributed by atoms with E-state index in [9.17, 15) is 4.79 Å². The molecule has 1 aromatic carbocycles. The summed E-state index contributed by atoms with van der Waals surface area (Å²) in [6.45, 7) is 3.34. The largest absolute Gasteiger partial charge is 0.493 e. The summed E-state index contributed by atoms with van der Waals surface area (Å²) < 4.78 is 10.3. The van der Waals surface area contributed by atoms with Crippen molar-refractivity contribution in [3.8, 4) is 17.6 Å². The number of nitrogens with zero attached hydrogens (tertiary/aromatic N) is 1. The van der Waals surface area contributed by atoms with Crippen molar-refractivity contribution in [1.82, 2.24) is 5.32 Å². The molecule has 1 amide bonds. The highest BCUT2D eigenvalue weighted by Gasteiger charge is 2.16. The van der Waals surface area contributed by atoms with Gasteiger partial charge in [-0.15, -0.1) is 0 Å². The van der Waals surface area contributed by atoms with Crippen LogP contribution in [0.25, 0.3) is 0 Å². The third-order valence-corrected chi connectivity index (χ3v) is 3.01. The van der Waals surface area contributed by atoms with Crippen LogP contribution in [0.5, 0.6) is 11.5 Å². The van der Waals surface area contributed by atoms with E-state index >= 15 is 0 Å². The van der Waals surface area contributed by atoms with Crippen LogP contribution in [0.1, 0.15) is 13.8 Å². The number of aliphatic hydroxyl groups is 1. The smallest absolute Gasteiger partial charge is 0.267 e. The summed E-state index contributed by atoms with van der Waals surface area (Å²) in [5.74, 6) is 0.432. The number of nitrogens with one attached hydrogen (secondary N) is 2. The zero-order valence-corrected chi connectivity index (χ0v) is 13.6. The predicted octanol–water partition coefficient (Wildman–Crippen LogP) is 1.41. The van der Waals surface area contributed by atoms with Crippen LogP contribution in [0.3, 0.4) is 0 Å². The number of benzene rings is 1. The lowest BCUT2D eigenvalue weighted by Crippen LogP contribution is -2.39. The number of aliphatic hydroxyl groups excluding tert-OH is 1. The van der Waals surface area contributed by atoms with Gasteiger partial charge in [0.25, 0.3) is 5.91 Å². The van der Waals surface area contributed by atoms with E-state index in [1.165, 1.54) is 20.4 Å². The highest BCUT2D eigenvalue weighted by atomic mass is 16.5. The van der Waals surface area contributed by atoms with Crippen molar-refractivity contribution in [3.05, 3.63) is 30.0 Å². The molecular formula is C16H21N3O4. The van der Waals surface area contributed by atoms with Crippen LogP contribution < -0.4 is 20.1 Å². The lowest BCUT2D eigenvalue weighted by molar-refractivity contribution is -0.112. The Balaban J connectivity index is 2.89. The fourth-order valence-corrected chi connectivity index (χ4v) is 1.57. The van der Waals surface area contributed by atoms with Crippen LogP contribution in [0.2, 0.25) is 0 Å². The number of hydrogen-bond acceptors (Lipinski definition) is 6. The third-order valence-electron chi connectivity index (χ3n) is 3.01. The molecule has 1 aromatic rings. The Hall–Kier alpha value is -2.72. The topological polar surface area (TPSA) is 104 Å². The van der Waals surface area contributed by atoms with Gasteiger partial charge in [-0.3, -0.25) is 4.79 Å². The maximum atomic E-state index is 12.1. The summed E-state index contributed by atoms with van der Waals surface area (Å²) in [5, 5.41) is 23.7. The van der Waals surface area contributed by atoms with Crippen molar-refractivity contribution in [2.24, 2.45) is 0 Å².